The van der Waals surface area contributed by atoms with Gasteiger partial charge in [0.05, 0.1) is 11.7 Å². The molecule has 1 aromatic rings. The monoisotopic (exact) mass is 317 g/mol. The first-order valence-corrected chi connectivity index (χ1v) is 8.98. The van der Waals surface area contributed by atoms with E-state index in [1.165, 1.54) is 31.6 Å². The minimum Gasteiger partial charge on any atom is -0.314 e. The molecule has 0 saturated carbocycles. The Morgan fingerprint density at radius 1 is 1.22 bits per heavy atom. The Hall–Kier alpha value is -1.01. The van der Waals surface area contributed by atoms with E-state index in [1.807, 2.05) is 12.3 Å². The van der Waals surface area contributed by atoms with E-state index < -0.39 is 0 Å². The van der Waals surface area contributed by atoms with Gasteiger partial charge in [-0.05, 0) is 52.2 Å². The maximum atomic E-state index is 4.68. The van der Waals surface area contributed by atoms with Crippen LogP contribution in [0.3, 0.4) is 0 Å². The molecule has 3 rings (SSSR count). The number of likely N-dealkylation sites (tertiary alicyclic amines) is 1. The third-order valence-electron chi connectivity index (χ3n) is 5.43. The van der Waals surface area contributed by atoms with Gasteiger partial charge in [-0.1, -0.05) is 6.07 Å². The van der Waals surface area contributed by atoms with E-state index in [2.05, 4.69) is 51.2 Å². The van der Waals surface area contributed by atoms with Crippen molar-refractivity contribution in [2.75, 3.05) is 59.9 Å². The van der Waals surface area contributed by atoms with Gasteiger partial charge in [0.2, 0.25) is 0 Å². The van der Waals surface area contributed by atoms with E-state index in [0.717, 1.165) is 32.7 Å². The summed E-state index contributed by atoms with van der Waals surface area (Å²) in [6.45, 7) is 7.99. The second-order valence-electron chi connectivity index (χ2n) is 7.02. The highest BCUT2D eigenvalue weighted by atomic mass is 15.3. The van der Waals surface area contributed by atoms with Crippen LogP contribution in [-0.4, -0.2) is 85.6 Å². The fraction of sp³-hybridized carbons (Fsp3) is 0.722. The van der Waals surface area contributed by atoms with E-state index in [4.69, 9.17) is 0 Å². The number of pyridine rings is 1. The number of hydrogen-bond acceptors (Lipinski definition) is 5. The number of rotatable bonds is 5. The van der Waals surface area contributed by atoms with Crippen LogP contribution in [-0.2, 0) is 0 Å². The summed E-state index contributed by atoms with van der Waals surface area (Å²) in [5.41, 5.74) is 1.22. The molecule has 1 atom stereocenters. The van der Waals surface area contributed by atoms with E-state index >= 15 is 0 Å². The Morgan fingerprint density at radius 2 is 1.96 bits per heavy atom. The van der Waals surface area contributed by atoms with Crippen molar-refractivity contribution in [2.45, 2.75) is 24.9 Å². The minimum absolute atomic E-state index is 0.391. The molecule has 0 aromatic carbocycles. The number of likely N-dealkylation sites (N-methyl/N-ethyl adjacent to an activating group) is 1. The molecule has 1 aromatic heterocycles. The van der Waals surface area contributed by atoms with Gasteiger partial charge >= 0.3 is 0 Å². The Labute approximate surface area is 140 Å². The fourth-order valence-electron chi connectivity index (χ4n) is 3.80. The van der Waals surface area contributed by atoms with Crippen molar-refractivity contribution in [1.82, 2.24) is 25.0 Å². The van der Waals surface area contributed by atoms with Gasteiger partial charge < -0.3 is 10.2 Å². The van der Waals surface area contributed by atoms with E-state index in [1.54, 1.807) is 0 Å². The lowest BCUT2D eigenvalue weighted by Crippen LogP contribution is -2.49. The molecule has 2 fully saturated rings. The first-order chi connectivity index (χ1) is 11.2. The SMILES string of the molecule is CN1CCC(N(C)C(CN2CCNCC2)c2ccccn2)CC1. The van der Waals surface area contributed by atoms with E-state index in [9.17, 15) is 0 Å². The van der Waals surface area contributed by atoms with Crippen molar-refractivity contribution in [2.24, 2.45) is 0 Å². The van der Waals surface area contributed by atoms with Gasteiger partial charge in [-0.2, -0.15) is 0 Å². The highest BCUT2D eigenvalue weighted by Crippen LogP contribution is 2.25. The van der Waals surface area contributed by atoms with Crippen LogP contribution in [0.2, 0.25) is 0 Å². The number of piperazine rings is 1. The summed E-state index contributed by atoms with van der Waals surface area (Å²) >= 11 is 0. The first-order valence-electron chi connectivity index (χ1n) is 8.98. The fourth-order valence-corrected chi connectivity index (χ4v) is 3.80. The number of hydrogen-bond donors (Lipinski definition) is 1. The van der Waals surface area contributed by atoms with Gasteiger partial charge in [0.25, 0.3) is 0 Å². The zero-order valence-corrected chi connectivity index (χ0v) is 14.6. The molecule has 0 bridgehead atoms. The van der Waals surface area contributed by atoms with Crippen molar-refractivity contribution in [1.29, 1.82) is 0 Å². The quantitative estimate of drug-likeness (QED) is 0.878. The normalized spacial score (nSPS) is 23.3. The molecule has 0 radical (unpaired) electrons. The molecule has 2 aliphatic rings. The maximum Gasteiger partial charge on any atom is 0.0649 e. The highest BCUT2D eigenvalue weighted by Gasteiger charge is 2.29. The van der Waals surface area contributed by atoms with Crippen LogP contribution in [0.5, 0.6) is 0 Å². The molecule has 1 unspecified atom stereocenters. The lowest BCUT2D eigenvalue weighted by molar-refractivity contribution is 0.0776. The summed E-state index contributed by atoms with van der Waals surface area (Å²) in [5.74, 6) is 0. The predicted octanol–water partition coefficient (Wildman–Crippen LogP) is 1.05. The highest BCUT2D eigenvalue weighted by molar-refractivity contribution is 5.10. The van der Waals surface area contributed by atoms with Crippen LogP contribution < -0.4 is 5.32 Å². The zero-order valence-electron chi connectivity index (χ0n) is 14.6. The number of piperidine rings is 1. The topological polar surface area (TPSA) is 34.6 Å². The smallest absolute Gasteiger partial charge is 0.0649 e. The second kappa shape index (κ2) is 8.20. The summed E-state index contributed by atoms with van der Waals surface area (Å²) in [7, 11) is 4.53. The second-order valence-corrected chi connectivity index (χ2v) is 7.02. The van der Waals surface area contributed by atoms with Gasteiger partial charge in [-0.25, -0.2) is 0 Å². The van der Waals surface area contributed by atoms with Crippen LogP contribution in [0.4, 0.5) is 0 Å². The molecule has 2 aliphatic heterocycles. The van der Waals surface area contributed by atoms with Crippen LogP contribution in [0.25, 0.3) is 0 Å². The molecule has 2 saturated heterocycles. The molecular formula is C18H31N5. The number of nitrogens with zero attached hydrogens (tertiary/aromatic N) is 4. The van der Waals surface area contributed by atoms with Gasteiger partial charge in [-0.15, -0.1) is 0 Å². The lowest BCUT2D eigenvalue weighted by Gasteiger charge is -2.41. The minimum atomic E-state index is 0.391. The molecule has 23 heavy (non-hydrogen) atoms. The predicted molar refractivity (Wildman–Crippen MR) is 94.6 cm³/mol. The summed E-state index contributed by atoms with van der Waals surface area (Å²) in [5, 5.41) is 3.45. The van der Waals surface area contributed by atoms with Gasteiger partial charge in [0.15, 0.2) is 0 Å². The Balaban J connectivity index is 1.71. The third kappa shape index (κ3) is 4.51. The largest absolute Gasteiger partial charge is 0.314 e. The molecule has 3 heterocycles. The Bertz CT molecular complexity index is 452. The third-order valence-corrected chi connectivity index (χ3v) is 5.43. The van der Waals surface area contributed by atoms with Crippen molar-refractivity contribution >= 4 is 0 Å². The van der Waals surface area contributed by atoms with Crippen LogP contribution in [0.1, 0.15) is 24.6 Å². The van der Waals surface area contributed by atoms with Crippen molar-refractivity contribution in [3.8, 4) is 0 Å². The van der Waals surface area contributed by atoms with Crippen molar-refractivity contribution in [3.05, 3.63) is 30.1 Å². The molecular weight excluding hydrogens is 286 g/mol. The van der Waals surface area contributed by atoms with E-state index in [0.29, 0.717) is 12.1 Å². The lowest BCUT2D eigenvalue weighted by atomic mass is 10.0. The van der Waals surface area contributed by atoms with Gasteiger partial charge in [0.1, 0.15) is 0 Å². The molecule has 128 valence electrons. The Kier molecular flexibility index (Phi) is 6.00. The average Bonchev–Trinajstić information content (AvgIpc) is 2.61. The zero-order chi connectivity index (χ0) is 16.1. The summed E-state index contributed by atoms with van der Waals surface area (Å²) in [4.78, 5) is 12.3. The van der Waals surface area contributed by atoms with Crippen molar-refractivity contribution in [3.63, 3.8) is 0 Å². The molecule has 5 nitrogen and oxygen atoms in total. The summed E-state index contributed by atoms with van der Waals surface area (Å²) in [6.07, 6.45) is 4.46. The maximum absolute atomic E-state index is 4.68. The average molecular weight is 317 g/mol. The summed E-state index contributed by atoms with van der Waals surface area (Å²) < 4.78 is 0. The molecule has 0 spiro atoms. The molecule has 0 amide bonds. The molecule has 0 aliphatic carbocycles. The summed E-state index contributed by atoms with van der Waals surface area (Å²) in [6, 6.07) is 7.39. The standard InChI is InChI=1S/C18H31N5/c1-21-11-6-16(7-12-21)22(2)18(17-5-3-4-8-20-17)15-23-13-9-19-10-14-23/h3-5,8,16,18-19H,6-7,9-15H2,1-2H3. The van der Waals surface area contributed by atoms with Crippen LogP contribution in [0.15, 0.2) is 24.4 Å². The van der Waals surface area contributed by atoms with Crippen LogP contribution >= 0.6 is 0 Å². The first kappa shape index (κ1) is 16.8. The Morgan fingerprint density at radius 3 is 2.61 bits per heavy atom. The van der Waals surface area contributed by atoms with E-state index in [-0.39, 0.29) is 0 Å². The molecule has 5 heteroatoms. The molecule has 1 N–H and O–H groups in total. The van der Waals surface area contributed by atoms with Gasteiger partial charge in [-0.3, -0.25) is 14.8 Å². The van der Waals surface area contributed by atoms with Gasteiger partial charge in [0, 0.05) is 45.0 Å². The van der Waals surface area contributed by atoms with Crippen molar-refractivity contribution < 1.29 is 0 Å². The number of nitrogens with one attached hydrogen (secondary N) is 1. The van der Waals surface area contributed by atoms with Crippen LogP contribution in [0, 0.1) is 0 Å². The number of aromatic nitrogens is 1.